The average Bonchev–Trinajstić information content (AvgIpc) is 2.73. The molecule has 3 aromatic rings. The van der Waals surface area contributed by atoms with Crippen molar-refractivity contribution in [1.29, 1.82) is 0 Å². The van der Waals surface area contributed by atoms with Gasteiger partial charge in [0.1, 0.15) is 5.75 Å². The molecule has 0 N–H and O–H groups in total. The van der Waals surface area contributed by atoms with Crippen molar-refractivity contribution in [3.63, 3.8) is 0 Å². The van der Waals surface area contributed by atoms with Crippen molar-refractivity contribution in [3.05, 3.63) is 95.6 Å². The zero-order valence-electron chi connectivity index (χ0n) is 16.1. The van der Waals surface area contributed by atoms with Crippen LogP contribution in [0.25, 0.3) is 0 Å². The topological polar surface area (TPSA) is 63.7 Å². The van der Waals surface area contributed by atoms with Gasteiger partial charge in [0, 0.05) is 0 Å². The van der Waals surface area contributed by atoms with Crippen LogP contribution in [0.1, 0.15) is 28.7 Å². The van der Waals surface area contributed by atoms with Gasteiger partial charge in [0.25, 0.3) is 10.0 Å². The summed E-state index contributed by atoms with van der Waals surface area (Å²) in [6, 6.07) is 22.4. The number of sulfonamides is 1. The molecule has 1 heterocycles. The summed E-state index contributed by atoms with van der Waals surface area (Å²) in [5.41, 5.74) is 2.50. The smallest absolute Gasteiger partial charge is 0.267 e. The maximum Gasteiger partial charge on any atom is 0.267 e. The monoisotopic (exact) mass is 407 g/mol. The molecule has 2 atom stereocenters. The van der Waals surface area contributed by atoms with E-state index in [9.17, 15) is 13.2 Å². The largest absolute Gasteiger partial charge is 0.497 e. The quantitative estimate of drug-likeness (QED) is 0.599. The molecule has 0 aliphatic carbocycles. The first-order valence-electron chi connectivity index (χ1n) is 9.27. The normalized spacial score (nSPS) is 19.0. The third kappa shape index (κ3) is 3.29. The number of aryl methyl sites for hydroxylation is 1. The predicted molar refractivity (Wildman–Crippen MR) is 110 cm³/mol. The second kappa shape index (κ2) is 7.37. The average molecular weight is 407 g/mol. The molecule has 4 rings (SSSR count). The molecule has 0 spiro atoms. The van der Waals surface area contributed by atoms with Crippen molar-refractivity contribution in [2.24, 2.45) is 0 Å². The lowest BCUT2D eigenvalue weighted by Gasteiger charge is -2.46. The number of β-lactam (4-membered cyclic amide) rings is 1. The summed E-state index contributed by atoms with van der Waals surface area (Å²) in [7, 11) is -2.40. The van der Waals surface area contributed by atoms with Crippen molar-refractivity contribution in [3.8, 4) is 5.75 Å². The molecule has 6 heteroatoms. The maximum atomic E-state index is 13.3. The molecular weight excluding hydrogens is 386 g/mol. The van der Waals surface area contributed by atoms with Crippen LogP contribution in [0, 0.1) is 6.92 Å². The minimum atomic E-state index is -3.97. The third-order valence-corrected chi connectivity index (χ3v) is 7.04. The van der Waals surface area contributed by atoms with Crippen LogP contribution in [0.15, 0.2) is 83.8 Å². The highest BCUT2D eigenvalue weighted by molar-refractivity contribution is 7.89. The number of ether oxygens (including phenoxy) is 1. The van der Waals surface area contributed by atoms with Crippen molar-refractivity contribution in [2.45, 2.75) is 23.8 Å². The summed E-state index contributed by atoms with van der Waals surface area (Å²) in [4.78, 5) is 13.2. The van der Waals surface area contributed by atoms with Crippen molar-refractivity contribution in [1.82, 2.24) is 4.31 Å². The van der Waals surface area contributed by atoms with E-state index in [1.54, 1.807) is 43.5 Å². The maximum absolute atomic E-state index is 13.3. The van der Waals surface area contributed by atoms with Crippen LogP contribution in [-0.4, -0.2) is 25.7 Å². The molecule has 3 aromatic carbocycles. The number of rotatable bonds is 5. The van der Waals surface area contributed by atoms with Gasteiger partial charge >= 0.3 is 0 Å². The minimum absolute atomic E-state index is 0.112. The molecule has 0 saturated carbocycles. The first kappa shape index (κ1) is 19.2. The van der Waals surface area contributed by atoms with E-state index in [1.807, 2.05) is 49.4 Å². The lowest BCUT2D eigenvalue weighted by molar-refractivity contribution is -0.141. The molecule has 0 bridgehead atoms. The van der Waals surface area contributed by atoms with Gasteiger partial charge in [-0.1, -0.05) is 60.2 Å². The number of methoxy groups -OCH3 is 1. The van der Waals surface area contributed by atoms with E-state index in [1.165, 1.54) is 0 Å². The van der Waals surface area contributed by atoms with Crippen molar-refractivity contribution in [2.75, 3.05) is 7.11 Å². The summed E-state index contributed by atoms with van der Waals surface area (Å²) in [5.74, 6) is -0.300. The standard InChI is InChI=1S/C23H21NO4S/c1-16-8-14-20(15-9-16)29(26,27)24-22(18-10-12-19(28-2)13-11-18)21(23(24)25)17-6-4-3-5-7-17/h3-15,21-22H,1-2H3/t21-,22-/m0/s1. The van der Waals surface area contributed by atoms with Crippen LogP contribution < -0.4 is 4.74 Å². The van der Waals surface area contributed by atoms with Crippen molar-refractivity contribution >= 4 is 15.9 Å². The summed E-state index contributed by atoms with van der Waals surface area (Å²) in [6.07, 6.45) is 0. The van der Waals surface area contributed by atoms with Crippen LogP contribution in [0.5, 0.6) is 5.75 Å². The lowest BCUT2D eigenvalue weighted by atomic mass is 9.80. The van der Waals surface area contributed by atoms with Crippen LogP contribution >= 0.6 is 0 Å². The van der Waals surface area contributed by atoms with Gasteiger partial charge < -0.3 is 4.74 Å². The summed E-state index contributed by atoms with van der Waals surface area (Å²) in [6.45, 7) is 1.89. The van der Waals surface area contributed by atoms with Gasteiger partial charge in [-0.2, -0.15) is 0 Å². The highest BCUT2D eigenvalue weighted by Crippen LogP contribution is 2.49. The van der Waals surface area contributed by atoms with Gasteiger partial charge in [-0.25, -0.2) is 12.7 Å². The highest BCUT2D eigenvalue weighted by Gasteiger charge is 2.54. The predicted octanol–water partition coefficient (Wildman–Crippen LogP) is 4.06. The van der Waals surface area contributed by atoms with Gasteiger partial charge in [0.05, 0.1) is 24.0 Å². The Morgan fingerprint density at radius 2 is 1.45 bits per heavy atom. The summed E-state index contributed by atoms with van der Waals surface area (Å²) < 4.78 is 32.8. The number of benzene rings is 3. The number of hydrogen-bond donors (Lipinski definition) is 0. The lowest BCUT2D eigenvalue weighted by Crippen LogP contribution is -2.55. The van der Waals surface area contributed by atoms with Gasteiger partial charge in [-0.3, -0.25) is 4.79 Å². The molecule has 148 valence electrons. The van der Waals surface area contributed by atoms with E-state index in [2.05, 4.69) is 0 Å². The fourth-order valence-electron chi connectivity index (χ4n) is 3.67. The molecule has 0 unspecified atom stereocenters. The van der Waals surface area contributed by atoms with E-state index >= 15 is 0 Å². The minimum Gasteiger partial charge on any atom is -0.497 e. The Morgan fingerprint density at radius 1 is 0.828 bits per heavy atom. The fraction of sp³-hybridized carbons (Fsp3) is 0.174. The molecule has 0 aromatic heterocycles. The van der Waals surface area contributed by atoms with Gasteiger partial charge in [-0.15, -0.1) is 0 Å². The summed E-state index contributed by atoms with van der Waals surface area (Å²) >= 11 is 0. The zero-order chi connectivity index (χ0) is 20.6. The molecule has 1 saturated heterocycles. The number of hydrogen-bond acceptors (Lipinski definition) is 4. The van der Waals surface area contributed by atoms with E-state index in [-0.39, 0.29) is 4.90 Å². The van der Waals surface area contributed by atoms with Crippen LogP contribution in [0.2, 0.25) is 0 Å². The fourth-order valence-corrected chi connectivity index (χ4v) is 5.27. The number of amides is 1. The van der Waals surface area contributed by atoms with E-state index in [0.717, 1.165) is 21.0 Å². The Hall–Kier alpha value is -3.12. The van der Waals surface area contributed by atoms with Crippen LogP contribution in [-0.2, 0) is 14.8 Å². The molecule has 1 aliphatic rings. The number of nitrogens with zero attached hydrogens (tertiary/aromatic N) is 1. The Labute approximate surface area is 170 Å². The first-order valence-corrected chi connectivity index (χ1v) is 10.7. The third-order valence-electron chi connectivity index (χ3n) is 5.25. The molecule has 29 heavy (non-hydrogen) atoms. The Morgan fingerprint density at radius 3 is 2.03 bits per heavy atom. The second-order valence-corrected chi connectivity index (χ2v) is 8.87. The van der Waals surface area contributed by atoms with Crippen molar-refractivity contribution < 1.29 is 17.9 Å². The van der Waals surface area contributed by atoms with Crippen LogP contribution in [0.4, 0.5) is 0 Å². The molecule has 1 aliphatic heterocycles. The van der Waals surface area contributed by atoms with E-state index in [4.69, 9.17) is 4.74 Å². The number of carbonyl (C=O) groups excluding carboxylic acids is 1. The molecule has 1 fully saturated rings. The highest BCUT2D eigenvalue weighted by atomic mass is 32.2. The van der Waals surface area contributed by atoms with Gasteiger partial charge in [-0.05, 0) is 42.3 Å². The van der Waals surface area contributed by atoms with E-state index in [0.29, 0.717) is 5.75 Å². The Bertz CT molecular complexity index is 1120. The Kier molecular flexibility index (Phi) is 4.88. The van der Waals surface area contributed by atoms with Crippen LogP contribution in [0.3, 0.4) is 0 Å². The SMILES string of the molecule is COc1ccc([C@H]2[C@H](c3ccccc3)C(=O)N2S(=O)(=O)c2ccc(C)cc2)cc1. The first-order chi connectivity index (χ1) is 13.9. The second-order valence-electron chi connectivity index (χ2n) is 7.06. The summed E-state index contributed by atoms with van der Waals surface area (Å²) in [5, 5.41) is 0. The molecule has 1 amide bonds. The zero-order valence-corrected chi connectivity index (χ0v) is 17.0. The molecule has 5 nitrogen and oxygen atoms in total. The van der Waals surface area contributed by atoms with E-state index < -0.39 is 27.9 Å². The van der Waals surface area contributed by atoms with Gasteiger partial charge in [0.2, 0.25) is 5.91 Å². The molecular formula is C23H21NO4S. The van der Waals surface area contributed by atoms with Gasteiger partial charge in [0.15, 0.2) is 0 Å². The Balaban J connectivity index is 1.79. The molecule has 0 radical (unpaired) electrons. The number of carbonyl (C=O) groups is 1.